The number of halogens is 1. The molecule has 5 rings (SSSR count). The van der Waals surface area contributed by atoms with Gasteiger partial charge in [-0.15, -0.1) is 11.3 Å². The fourth-order valence-electron chi connectivity index (χ4n) is 3.47. The van der Waals surface area contributed by atoms with Crippen molar-refractivity contribution in [2.45, 2.75) is 13.8 Å². The number of aryl methyl sites for hydroxylation is 2. The van der Waals surface area contributed by atoms with Crippen LogP contribution in [0.15, 0.2) is 48.5 Å². The van der Waals surface area contributed by atoms with Crippen molar-refractivity contribution in [1.82, 2.24) is 2.78 Å². The third-order valence-electron chi connectivity index (χ3n) is 4.61. The fraction of sp³-hybridized carbons (Fsp3) is 0.100. The van der Waals surface area contributed by atoms with Crippen molar-refractivity contribution in [2.75, 3.05) is 0 Å². The zero-order valence-electron chi connectivity index (χ0n) is 12.9. The van der Waals surface area contributed by atoms with E-state index in [1.807, 2.05) is 11.3 Å². The number of aromatic nitrogens is 1. The molecule has 0 saturated carbocycles. The first-order valence-electron chi connectivity index (χ1n) is 7.66. The minimum atomic E-state index is 1.30. The molecule has 0 aliphatic carbocycles. The van der Waals surface area contributed by atoms with E-state index in [4.69, 9.17) is 0 Å². The van der Waals surface area contributed by atoms with Gasteiger partial charge in [0.25, 0.3) is 0 Å². The highest BCUT2D eigenvalue weighted by molar-refractivity contribution is 14.1. The Bertz CT molecular complexity index is 1240. The van der Waals surface area contributed by atoms with Gasteiger partial charge in [0, 0.05) is 30.9 Å². The van der Waals surface area contributed by atoms with Gasteiger partial charge in [0.15, 0.2) is 0 Å². The minimum Gasteiger partial charge on any atom is -0.282 e. The van der Waals surface area contributed by atoms with Gasteiger partial charge < -0.3 is 0 Å². The lowest BCUT2D eigenvalue weighted by molar-refractivity contribution is 1.47. The molecular formula is C20H14INS. The minimum absolute atomic E-state index is 1.30. The Morgan fingerprint density at radius 2 is 1.35 bits per heavy atom. The van der Waals surface area contributed by atoms with E-state index in [0.717, 1.165) is 0 Å². The lowest BCUT2D eigenvalue weighted by Gasteiger charge is -1.97. The lowest BCUT2D eigenvalue weighted by Crippen LogP contribution is -1.77. The Labute approximate surface area is 152 Å². The average molecular weight is 427 g/mol. The summed E-state index contributed by atoms with van der Waals surface area (Å²) in [5, 5.41) is 5.47. The average Bonchev–Trinajstić information content (AvgIpc) is 3.02. The summed E-state index contributed by atoms with van der Waals surface area (Å²) in [5.41, 5.74) is 5.24. The van der Waals surface area contributed by atoms with Gasteiger partial charge in [-0.05, 0) is 50.2 Å². The van der Waals surface area contributed by atoms with Crippen molar-refractivity contribution < 1.29 is 0 Å². The van der Waals surface area contributed by atoms with Gasteiger partial charge in [-0.2, -0.15) is 0 Å². The molecule has 2 heterocycles. The van der Waals surface area contributed by atoms with Crippen LogP contribution in [0.3, 0.4) is 0 Å². The summed E-state index contributed by atoms with van der Waals surface area (Å²) in [6.45, 7) is 4.33. The Morgan fingerprint density at radius 1 is 0.696 bits per heavy atom. The van der Waals surface area contributed by atoms with Crippen LogP contribution in [0, 0.1) is 13.8 Å². The van der Waals surface area contributed by atoms with E-state index in [-0.39, 0.29) is 0 Å². The first-order chi connectivity index (χ1) is 11.1. The highest BCUT2D eigenvalue weighted by atomic mass is 127. The van der Waals surface area contributed by atoms with Gasteiger partial charge in [-0.25, -0.2) is 0 Å². The van der Waals surface area contributed by atoms with Gasteiger partial charge in [-0.1, -0.05) is 23.3 Å². The molecular weight excluding hydrogens is 413 g/mol. The topological polar surface area (TPSA) is 4.93 Å². The van der Waals surface area contributed by atoms with Crippen LogP contribution in [0.5, 0.6) is 0 Å². The van der Waals surface area contributed by atoms with Crippen molar-refractivity contribution in [1.29, 1.82) is 0 Å². The Balaban J connectivity index is 2.04. The fourth-order valence-corrected chi connectivity index (χ4v) is 5.39. The summed E-state index contributed by atoms with van der Waals surface area (Å²) in [4.78, 5) is 0. The van der Waals surface area contributed by atoms with E-state index in [1.54, 1.807) is 0 Å². The predicted molar refractivity (Wildman–Crippen MR) is 111 cm³/mol. The number of benzene rings is 3. The smallest absolute Gasteiger partial charge is 0.0646 e. The van der Waals surface area contributed by atoms with Crippen LogP contribution in [0.1, 0.15) is 11.1 Å². The van der Waals surface area contributed by atoms with Crippen LogP contribution in [0.25, 0.3) is 42.0 Å². The highest BCUT2D eigenvalue weighted by Gasteiger charge is 2.13. The predicted octanol–water partition coefficient (Wildman–Crippen LogP) is 6.98. The van der Waals surface area contributed by atoms with E-state index in [2.05, 4.69) is 88.0 Å². The van der Waals surface area contributed by atoms with Crippen molar-refractivity contribution in [3.8, 4) is 0 Å². The van der Waals surface area contributed by atoms with E-state index < -0.39 is 0 Å². The number of hydrogen-bond donors (Lipinski definition) is 0. The van der Waals surface area contributed by atoms with Crippen molar-refractivity contribution >= 4 is 76.2 Å². The summed E-state index contributed by atoms with van der Waals surface area (Å²) in [6, 6.07) is 18.2. The molecule has 3 heteroatoms. The van der Waals surface area contributed by atoms with Crippen LogP contribution >= 0.6 is 34.2 Å². The summed E-state index contributed by atoms with van der Waals surface area (Å²) in [7, 11) is 0. The van der Waals surface area contributed by atoms with Crippen LogP contribution in [-0.2, 0) is 0 Å². The van der Waals surface area contributed by atoms with Gasteiger partial charge >= 0.3 is 0 Å². The Kier molecular flexibility index (Phi) is 2.83. The van der Waals surface area contributed by atoms with Gasteiger partial charge in [0.2, 0.25) is 0 Å². The summed E-state index contributed by atoms with van der Waals surface area (Å²) >= 11 is 4.31. The molecule has 0 atom stereocenters. The Hall–Kier alpha value is -1.59. The van der Waals surface area contributed by atoms with Crippen LogP contribution < -0.4 is 0 Å². The second-order valence-electron chi connectivity index (χ2n) is 6.27. The van der Waals surface area contributed by atoms with Crippen molar-refractivity contribution in [2.24, 2.45) is 0 Å². The monoisotopic (exact) mass is 427 g/mol. The molecule has 2 aromatic heterocycles. The number of thiophene rings is 1. The molecule has 0 fully saturated rings. The SMILES string of the molecule is Cc1ccc2sc3cc4c(cc3c2c1)c1cc(C)ccc1n4I. The molecule has 0 unspecified atom stereocenters. The quantitative estimate of drug-likeness (QED) is 0.235. The lowest BCUT2D eigenvalue weighted by atomic mass is 10.1. The molecule has 3 aromatic carbocycles. The number of fused-ring (bicyclic) bond motifs is 6. The maximum atomic E-state index is 2.42. The summed E-state index contributed by atoms with van der Waals surface area (Å²) in [5.74, 6) is 0. The third kappa shape index (κ3) is 1.90. The molecule has 0 spiro atoms. The zero-order valence-corrected chi connectivity index (χ0v) is 15.8. The molecule has 1 nitrogen and oxygen atoms in total. The van der Waals surface area contributed by atoms with E-state index in [9.17, 15) is 0 Å². The van der Waals surface area contributed by atoms with E-state index in [1.165, 1.54) is 53.1 Å². The standard InChI is InChI=1S/C20H14INS/c1-11-3-5-17-13(7-11)14-9-16-15-8-12(2)4-6-19(15)23-20(16)10-18(14)22(17)21/h3-10H,1-2H3. The van der Waals surface area contributed by atoms with E-state index >= 15 is 0 Å². The normalized spacial score (nSPS) is 12.1. The molecule has 0 aliphatic rings. The number of hydrogen-bond acceptors (Lipinski definition) is 1. The molecule has 0 N–H and O–H groups in total. The van der Waals surface area contributed by atoms with Crippen LogP contribution in [0.2, 0.25) is 0 Å². The van der Waals surface area contributed by atoms with E-state index in [0.29, 0.717) is 0 Å². The number of rotatable bonds is 0. The molecule has 0 amide bonds. The second-order valence-corrected chi connectivity index (χ2v) is 8.32. The molecule has 23 heavy (non-hydrogen) atoms. The molecule has 5 aromatic rings. The van der Waals surface area contributed by atoms with Crippen LogP contribution in [-0.4, -0.2) is 2.78 Å². The van der Waals surface area contributed by atoms with Gasteiger partial charge in [0.1, 0.15) is 0 Å². The molecule has 112 valence electrons. The maximum Gasteiger partial charge on any atom is 0.0646 e. The molecule has 0 radical (unpaired) electrons. The summed E-state index contributed by atoms with van der Waals surface area (Å²) < 4.78 is 5.03. The largest absolute Gasteiger partial charge is 0.282 e. The molecule has 0 saturated heterocycles. The number of nitrogens with zero attached hydrogens (tertiary/aromatic N) is 1. The van der Waals surface area contributed by atoms with Gasteiger partial charge in [0.05, 0.1) is 33.9 Å². The van der Waals surface area contributed by atoms with Crippen molar-refractivity contribution in [3.63, 3.8) is 0 Å². The first kappa shape index (κ1) is 13.8. The van der Waals surface area contributed by atoms with Crippen LogP contribution in [0.4, 0.5) is 0 Å². The summed E-state index contributed by atoms with van der Waals surface area (Å²) in [6.07, 6.45) is 0. The third-order valence-corrected chi connectivity index (χ3v) is 6.78. The highest BCUT2D eigenvalue weighted by Crippen LogP contribution is 2.40. The maximum absolute atomic E-state index is 2.42. The van der Waals surface area contributed by atoms with Crippen molar-refractivity contribution in [3.05, 3.63) is 59.7 Å². The molecule has 0 aliphatic heterocycles. The Morgan fingerprint density at radius 3 is 2.17 bits per heavy atom. The molecule has 0 bridgehead atoms. The second kappa shape index (κ2) is 4.71. The van der Waals surface area contributed by atoms with Gasteiger partial charge in [-0.3, -0.25) is 2.78 Å². The first-order valence-corrected chi connectivity index (χ1v) is 9.44. The zero-order chi connectivity index (χ0) is 15.7.